The summed E-state index contributed by atoms with van der Waals surface area (Å²) in [4.78, 5) is 20.5. The van der Waals surface area contributed by atoms with E-state index in [-0.39, 0.29) is 5.91 Å². The molecule has 1 aromatic rings. The number of aromatic nitrogens is 1. The zero-order valence-electron chi connectivity index (χ0n) is 12.0. The molecule has 1 saturated carbocycles. The largest absolute Gasteiger partial charge is 0.354 e. The van der Waals surface area contributed by atoms with Crippen LogP contribution < -0.4 is 10.2 Å². The van der Waals surface area contributed by atoms with Crippen molar-refractivity contribution in [3.63, 3.8) is 0 Å². The van der Waals surface area contributed by atoms with E-state index in [1.54, 1.807) is 12.3 Å². The van der Waals surface area contributed by atoms with Gasteiger partial charge in [0.1, 0.15) is 11.9 Å². The molecular weight excluding hydrogens is 266 g/mol. The Morgan fingerprint density at radius 3 is 2.67 bits per heavy atom. The fourth-order valence-electron chi connectivity index (χ4n) is 2.48. The molecule has 110 valence electrons. The molecule has 1 amide bonds. The fraction of sp³-hybridized carbons (Fsp3) is 0.533. The number of rotatable bonds is 4. The molecule has 2 heterocycles. The minimum Gasteiger partial charge on any atom is -0.354 e. The third-order valence-corrected chi connectivity index (χ3v) is 3.88. The van der Waals surface area contributed by atoms with Crippen molar-refractivity contribution in [3.05, 3.63) is 23.9 Å². The molecule has 0 unspecified atom stereocenters. The second-order valence-corrected chi connectivity index (χ2v) is 5.62. The van der Waals surface area contributed by atoms with E-state index in [0.29, 0.717) is 18.2 Å². The number of nitrogens with one attached hydrogen (secondary N) is 1. The van der Waals surface area contributed by atoms with Gasteiger partial charge in [-0.2, -0.15) is 5.26 Å². The van der Waals surface area contributed by atoms with Gasteiger partial charge in [-0.05, 0) is 25.0 Å². The molecule has 0 radical (unpaired) electrons. The number of pyridine rings is 1. The summed E-state index contributed by atoms with van der Waals surface area (Å²) < 4.78 is 0. The Bertz CT molecular complexity index is 538. The predicted molar refractivity (Wildman–Crippen MR) is 78.8 cm³/mol. The number of piperazine rings is 1. The molecular formula is C15H19N5O. The number of carbonyl (C=O) groups is 1. The van der Waals surface area contributed by atoms with Crippen LogP contribution in [0.25, 0.3) is 0 Å². The molecule has 0 aromatic carbocycles. The van der Waals surface area contributed by atoms with Gasteiger partial charge in [0.2, 0.25) is 5.91 Å². The highest BCUT2D eigenvalue weighted by Gasteiger charge is 2.25. The second kappa shape index (κ2) is 6.10. The van der Waals surface area contributed by atoms with Crippen LogP contribution in [0.2, 0.25) is 0 Å². The third kappa shape index (κ3) is 3.70. The van der Waals surface area contributed by atoms with Crippen LogP contribution in [0.3, 0.4) is 0 Å². The van der Waals surface area contributed by atoms with Gasteiger partial charge in [0.05, 0.1) is 12.1 Å². The van der Waals surface area contributed by atoms with Crippen molar-refractivity contribution >= 4 is 11.7 Å². The number of hydrogen-bond donors (Lipinski definition) is 1. The van der Waals surface area contributed by atoms with Crippen LogP contribution >= 0.6 is 0 Å². The number of nitrogens with zero attached hydrogens (tertiary/aromatic N) is 4. The summed E-state index contributed by atoms with van der Waals surface area (Å²) in [5.41, 5.74) is 0.578. The lowest BCUT2D eigenvalue weighted by molar-refractivity contribution is -0.122. The maximum Gasteiger partial charge on any atom is 0.234 e. The van der Waals surface area contributed by atoms with Gasteiger partial charge >= 0.3 is 0 Å². The molecule has 1 aliphatic heterocycles. The average molecular weight is 285 g/mol. The van der Waals surface area contributed by atoms with E-state index >= 15 is 0 Å². The summed E-state index contributed by atoms with van der Waals surface area (Å²) in [5, 5.41) is 11.8. The van der Waals surface area contributed by atoms with E-state index in [2.05, 4.69) is 26.2 Å². The van der Waals surface area contributed by atoms with E-state index in [4.69, 9.17) is 5.26 Å². The topological polar surface area (TPSA) is 72.3 Å². The van der Waals surface area contributed by atoms with E-state index in [9.17, 15) is 4.79 Å². The molecule has 1 aromatic heterocycles. The van der Waals surface area contributed by atoms with E-state index in [1.807, 2.05) is 6.07 Å². The molecule has 1 N–H and O–H groups in total. The van der Waals surface area contributed by atoms with Crippen molar-refractivity contribution in [1.29, 1.82) is 5.26 Å². The zero-order chi connectivity index (χ0) is 14.7. The van der Waals surface area contributed by atoms with Crippen LogP contribution in [0.5, 0.6) is 0 Å². The quantitative estimate of drug-likeness (QED) is 0.864. The Hall–Kier alpha value is -2.13. The molecule has 0 atom stereocenters. The minimum atomic E-state index is 0.141. The first-order chi connectivity index (χ1) is 10.2. The van der Waals surface area contributed by atoms with E-state index < -0.39 is 0 Å². The van der Waals surface area contributed by atoms with Crippen molar-refractivity contribution < 1.29 is 4.79 Å². The number of amides is 1. The zero-order valence-corrected chi connectivity index (χ0v) is 12.0. The molecule has 3 rings (SSSR count). The molecule has 6 nitrogen and oxygen atoms in total. The Morgan fingerprint density at radius 2 is 2.10 bits per heavy atom. The summed E-state index contributed by atoms with van der Waals surface area (Å²) >= 11 is 0. The van der Waals surface area contributed by atoms with Crippen molar-refractivity contribution in [2.24, 2.45) is 0 Å². The molecule has 2 aliphatic rings. The van der Waals surface area contributed by atoms with Crippen LogP contribution in [0.1, 0.15) is 18.4 Å². The maximum atomic E-state index is 11.8. The standard InChI is InChI=1S/C15H19N5O/c16-9-12-1-4-14(17-10-12)20-7-5-19(6-8-20)11-15(21)18-13-2-3-13/h1,4,10,13H,2-3,5-8,11H2,(H,18,21). The highest BCUT2D eigenvalue weighted by molar-refractivity contribution is 5.78. The normalized spacial score (nSPS) is 19.1. The van der Waals surface area contributed by atoms with Gasteiger partial charge in [0, 0.05) is 38.4 Å². The van der Waals surface area contributed by atoms with Crippen molar-refractivity contribution in [2.45, 2.75) is 18.9 Å². The average Bonchev–Trinajstić information content (AvgIpc) is 3.32. The first-order valence-corrected chi connectivity index (χ1v) is 7.37. The lowest BCUT2D eigenvalue weighted by Crippen LogP contribution is -2.49. The Balaban J connectivity index is 1.47. The molecule has 1 saturated heterocycles. The van der Waals surface area contributed by atoms with Gasteiger partial charge in [0.25, 0.3) is 0 Å². The van der Waals surface area contributed by atoms with Crippen LogP contribution in [0.4, 0.5) is 5.82 Å². The highest BCUT2D eigenvalue weighted by atomic mass is 16.2. The first kappa shape index (κ1) is 13.8. The molecule has 2 fully saturated rings. The van der Waals surface area contributed by atoms with Crippen LogP contribution in [0.15, 0.2) is 18.3 Å². The number of hydrogen-bond acceptors (Lipinski definition) is 5. The Kier molecular flexibility index (Phi) is 4.02. The monoisotopic (exact) mass is 285 g/mol. The Morgan fingerprint density at radius 1 is 1.33 bits per heavy atom. The smallest absolute Gasteiger partial charge is 0.234 e. The summed E-state index contributed by atoms with van der Waals surface area (Å²) in [6.07, 6.45) is 3.86. The van der Waals surface area contributed by atoms with Gasteiger partial charge in [-0.3, -0.25) is 9.69 Å². The fourth-order valence-corrected chi connectivity index (χ4v) is 2.48. The minimum absolute atomic E-state index is 0.141. The molecule has 21 heavy (non-hydrogen) atoms. The number of anilines is 1. The maximum absolute atomic E-state index is 11.8. The molecule has 0 spiro atoms. The SMILES string of the molecule is N#Cc1ccc(N2CCN(CC(=O)NC3CC3)CC2)nc1. The van der Waals surface area contributed by atoms with Gasteiger partial charge in [-0.25, -0.2) is 4.98 Å². The van der Waals surface area contributed by atoms with Gasteiger partial charge in [0.15, 0.2) is 0 Å². The van der Waals surface area contributed by atoms with Gasteiger partial charge in [-0.15, -0.1) is 0 Å². The third-order valence-electron chi connectivity index (χ3n) is 3.88. The second-order valence-electron chi connectivity index (χ2n) is 5.62. The summed E-state index contributed by atoms with van der Waals surface area (Å²) in [6, 6.07) is 6.18. The van der Waals surface area contributed by atoms with Crippen LogP contribution in [-0.2, 0) is 4.79 Å². The van der Waals surface area contributed by atoms with E-state index in [0.717, 1.165) is 44.8 Å². The van der Waals surface area contributed by atoms with Crippen molar-refractivity contribution in [3.8, 4) is 6.07 Å². The number of nitriles is 1. The lowest BCUT2D eigenvalue weighted by Gasteiger charge is -2.35. The van der Waals surface area contributed by atoms with Crippen molar-refractivity contribution in [2.75, 3.05) is 37.6 Å². The molecule has 1 aliphatic carbocycles. The van der Waals surface area contributed by atoms with E-state index in [1.165, 1.54) is 0 Å². The lowest BCUT2D eigenvalue weighted by atomic mass is 10.2. The summed E-state index contributed by atoms with van der Waals surface area (Å²) in [6.45, 7) is 3.93. The van der Waals surface area contributed by atoms with Gasteiger partial charge < -0.3 is 10.2 Å². The summed E-state index contributed by atoms with van der Waals surface area (Å²) in [7, 11) is 0. The Labute approximate surface area is 124 Å². The first-order valence-electron chi connectivity index (χ1n) is 7.37. The van der Waals surface area contributed by atoms with Crippen LogP contribution in [-0.4, -0.2) is 54.6 Å². The number of carbonyl (C=O) groups excluding carboxylic acids is 1. The predicted octanol–water partition coefficient (Wildman–Crippen LogP) is 0.354. The van der Waals surface area contributed by atoms with Crippen molar-refractivity contribution in [1.82, 2.24) is 15.2 Å². The van der Waals surface area contributed by atoms with Gasteiger partial charge in [-0.1, -0.05) is 0 Å². The summed E-state index contributed by atoms with van der Waals surface area (Å²) in [5.74, 6) is 1.04. The van der Waals surface area contributed by atoms with Crippen LogP contribution in [0, 0.1) is 11.3 Å². The molecule has 0 bridgehead atoms. The highest BCUT2D eigenvalue weighted by Crippen LogP contribution is 2.18. The molecule has 6 heteroatoms.